The summed E-state index contributed by atoms with van der Waals surface area (Å²) in [5, 5.41) is 12.9. The van der Waals surface area contributed by atoms with Gasteiger partial charge in [0, 0.05) is 43.8 Å². The highest BCUT2D eigenvalue weighted by molar-refractivity contribution is 6.42. The third-order valence-electron chi connectivity index (χ3n) is 5.09. The van der Waals surface area contributed by atoms with Crippen molar-refractivity contribution in [3.63, 3.8) is 0 Å². The molecular weight excluding hydrogens is 443 g/mol. The summed E-state index contributed by atoms with van der Waals surface area (Å²) in [7, 11) is 0. The first kappa shape index (κ1) is 23.9. The zero-order valence-corrected chi connectivity index (χ0v) is 19.1. The van der Waals surface area contributed by atoms with Crippen molar-refractivity contribution in [3.8, 4) is 6.07 Å². The number of carbonyl (C=O) groups excluding carboxylic acids is 1. The van der Waals surface area contributed by atoms with Gasteiger partial charge in [0.05, 0.1) is 10.0 Å². The number of nitrogens with zero attached hydrogens (tertiary/aromatic N) is 3. The molecule has 30 heavy (non-hydrogen) atoms. The van der Waals surface area contributed by atoms with E-state index in [4.69, 9.17) is 23.2 Å². The van der Waals surface area contributed by atoms with Crippen LogP contribution in [0.5, 0.6) is 0 Å². The zero-order chi connectivity index (χ0) is 21.0. The first-order chi connectivity index (χ1) is 13.9. The van der Waals surface area contributed by atoms with E-state index in [9.17, 15) is 10.1 Å². The van der Waals surface area contributed by atoms with Gasteiger partial charge in [0.15, 0.2) is 0 Å². The number of hydrogen-bond donors (Lipinski definition) is 1. The van der Waals surface area contributed by atoms with Crippen LogP contribution in [0.4, 0.5) is 11.4 Å². The first-order valence-electron chi connectivity index (χ1n) is 9.32. The third-order valence-corrected chi connectivity index (χ3v) is 5.82. The van der Waals surface area contributed by atoms with Gasteiger partial charge in [-0.25, -0.2) is 0 Å². The number of piperazine rings is 1. The summed E-state index contributed by atoms with van der Waals surface area (Å²) in [4.78, 5) is 16.8. The summed E-state index contributed by atoms with van der Waals surface area (Å²) < 4.78 is 0. The maximum atomic E-state index is 12.5. The number of nitrogens with one attached hydrogen (secondary N) is 1. The fourth-order valence-electron chi connectivity index (χ4n) is 3.26. The lowest BCUT2D eigenvalue weighted by molar-refractivity contribution is -0.112. The zero-order valence-electron chi connectivity index (χ0n) is 16.8. The number of anilines is 2. The second-order valence-electron chi connectivity index (χ2n) is 6.98. The smallest absolute Gasteiger partial charge is 0.267 e. The van der Waals surface area contributed by atoms with Gasteiger partial charge in [-0.3, -0.25) is 4.79 Å². The van der Waals surface area contributed by atoms with E-state index < -0.39 is 5.91 Å². The molecule has 0 radical (unpaired) electrons. The van der Waals surface area contributed by atoms with Crippen molar-refractivity contribution in [2.75, 3.05) is 36.4 Å². The minimum Gasteiger partial charge on any atom is -0.373 e. The number of nitriles is 1. The number of rotatable bonds is 4. The second kappa shape index (κ2) is 10.6. The average Bonchev–Trinajstić information content (AvgIpc) is 2.71. The number of carbonyl (C=O) groups is 1. The van der Waals surface area contributed by atoms with E-state index in [1.165, 1.54) is 16.8 Å². The Hall–Kier alpha value is -2.39. The molecule has 0 saturated carbocycles. The average molecular weight is 466 g/mol. The lowest BCUT2D eigenvalue weighted by Crippen LogP contribution is -2.44. The fourth-order valence-corrected chi connectivity index (χ4v) is 3.56. The van der Waals surface area contributed by atoms with Crippen molar-refractivity contribution >= 4 is 52.9 Å². The predicted molar refractivity (Wildman–Crippen MR) is 126 cm³/mol. The van der Waals surface area contributed by atoms with Crippen molar-refractivity contribution in [2.24, 2.45) is 0 Å². The molecule has 1 aliphatic heterocycles. The number of benzene rings is 2. The van der Waals surface area contributed by atoms with Gasteiger partial charge in [0.25, 0.3) is 5.91 Å². The summed E-state index contributed by atoms with van der Waals surface area (Å²) in [6.07, 6.45) is 1.63. The molecule has 158 valence electrons. The summed E-state index contributed by atoms with van der Waals surface area (Å²) in [6, 6.07) is 13.1. The molecule has 5 nitrogen and oxygen atoms in total. The Bertz CT molecular complexity index is 992. The minimum absolute atomic E-state index is 0. The van der Waals surface area contributed by atoms with E-state index >= 15 is 0 Å². The van der Waals surface area contributed by atoms with Crippen molar-refractivity contribution < 1.29 is 4.79 Å². The Morgan fingerprint density at radius 1 is 1.10 bits per heavy atom. The van der Waals surface area contributed by atoms with Gasteiger partial charge in [-0.05, 0) is 49.2 Å². The minimum atomic E-state index is -0.470. The molecule has 1 fully saturated rings. The predicted octanol–water partition coefficient (Wildman–Crippen LogP) is 5.20. The van der Waals surface area contributed by atoms with Crippen LogP contribution in [-0.2, 0) is 4.79 Å². The van der Waals surface area contributed by atoms with Gasteiger partial charge in [0.1, 0.15) is 11.6 Å². The Labute approximate surface area is 193 Å². The van der Waals surface area contributed by atoms with Crippen molar-refractivity contribution in [3.05, 3.63) is 69.3 Å². The van der Waals surface area contributed by atoms with Crippen LogP contribution in [0.15, 0.2) is 48.2 Å². The number of aryl methyl sites for hydroxylation is 1. The SMILES string of the molecule is Cc1cccc(N2CCN(/C=C(/C#N)C(=O)Nc3ccc(Cl)c(Cl)c3)CC2)c1C.Cl. The lowest BCUT2D eigenvalue weighted by Gasteiger charge is -2.36. The van der Waals surface area contributed by atoms with E-state index in [1.807, 2.05) is 11.0 Å². The quantitative estimate of drug-likeness (QED) is 0.498. The van der Waals surface area contributed by atoms with Gasteiger partial charge >= 0.3 is 0 Å². The van der Waals surface area contributed by atoms with Gasteiger partial charge in [-0.2, -0.15) is 5.26 Å². The highest BCUT2D eigenvalue weighted by Gasteiger charge is 2.19. The molecule has 1 amide bonds. The highest BCUT2D eigenvalue weighted by atomic mass is 35.5. The van der Waals surface area contributed by atoms with Crippen molar-refractivity contribution in [2.45, 2.75) is 13.8 Å². The standard InChI is InChI=1S/C22H22Cl2N4O.ClH/c1-15-4-3-5-21(16(15)2)28-10-8-27(9-11-28)14-17(13-25)22(29)26-18-6-7-19(23)20(24)12-18;/h3-7,12,14H,8-11H2,1-2H3,(H,26,29);1H/b17-14-;. The molecule has 0 aliphatic carbocycles. The molecule has 1 aliphatic rings. The number of halogens is 3. The van der Waals surface area contributed by atoms with Crippen LogP contribution in [-0.4, -0.2) is 37.0 Å². The molecule has 0 bridgehead atoms. The van der Waals surface area contributed by atoms with E-state index in [0.29, 0.717) is 15.7 Å². The van der Waals surface area contributed by atoms with Gasteiger partial charge in [-0.1, -0.05) is 35.3 Å². The fraction of sp³-hybridized carbons (Fsp3) is 0.273. The van der Waals surface area contributed by atoms with E-state index in [-0.39, 0.29) is 18.0 Å². The van der Waals surface area contributed by atoms with E-state index in [2.05, 4.69) is 42.3 Å². The second-order valence-corrected chi connectivity index (χ2v) is 7.79. The van der Waals surface area contributed by atoms with Crippen LogP contribution in [0.2, 0.25) is 10.0 Å². The molecule has 2 aromatic rings. The number of hydrogen-bond acceptors (Lipinski definition) is 4. The molecule has 3 rings (SSSR count). The summed E-state index contributed by atoms with van der Waals surface area (Å²) in [6.45, 7) is 7.38. The monoisotopic (exact) mass is 464 g/mol. The lowest BCUT2D eigenvalue weighted by atomic mass is 10.1. The summed E-state index contributed by atoms with van der Waals surface area (Å²) in [5.41, 5.74) is 4.35. The van der Waals surface area contributed by atoms with Crippen molar-refractivity contribution in [1.82, 2.24) is 4.90 Å². The molecule has 0 aromatic heterocycles. The van der Waals surface area contributed by atoms with Crippen LogP contribution >= 0.6 is 35.6 Å². The normalized spacial score (nSPS) is 14.0. The molecule has 1 saturated heterocycles. The third kappa shape index (κ3) is 5.60. The number of amides is 1. The van der Waals surface area contributed by atoms with Gasteiger partial charge < -0.3 is 15.1 Å². The van der Waals surface area contributed by atoms with E-state index in [0.717, 1.165) is 26.2 Å². The maximum Gasteiger partial charge on any atom is 0.267 e. The molecule has 1 N–H and O–H groups in total. The maximum absolute atomic E-state index is 12.5. The topological polar surface area (TPSA) is 59.4 Å². The molecule has 2 aromatic carbocycles. The van der Waals surface area contributed by atoms with Gasteiger partial charge in [0.2, 0.25) is 0 Å². The molecule has 0 atom stereocenters. The van der Waals surface area contributed by atoms with Crippen LogP contribution in [0, 0.1) is 25.2 Å². The molecule has 8 heteroatoms. The summed E-state index contributed by atoms with van der Waals surface area (Å²) >= 11 is 11.9. The molecular formula is C22H23Cl3N4O. The van der Waals surface area contributed by atoms with Crippen LogP contribution < -0.4 is 10.2 Å². The van der Waals surface area contributed by atoms with Gasteiger partial charge in [-0.15, -0.1) is 12.4 Å². The van der Waals surface area contributed by atoms with Crippen LogP contribution in [0.1, 0.15) is 11.1 Å². The Morgan fingerprint density at radius 3 is 2.43 bits per heavy atom. The highest BCUT2D eigenvalue weighted by Crippen LogP contribution is 2.26. The Kier molecular flexibility index (Phi) is 8.43. The van der Waals surface area contributed by atoms with Crippen LogP contribution in [0.25, 0.3) is 0 Å². The van der Waals surface area contributed by atoms with Crippen LogP contribution in [0.3, 0.4) is 0 Å². The van der Waals surface area contributed by atoms with E-state index in [1.54, 1.807) is 24.4 Å². The Balaban J connectivity index is 0.00000320. The first-order valence-corrected chi connectivity index (χ1v) is 10.1. The summed E-state index contributed by atoms with van der Waals surface area (Å²) in [5.74, 6) is -0.470. The molecule has 0 spiro atoms. The largest absolute Gasteiger partial charge is 0.373 e. The molecule has 1 heterocycles. The Morgan fingerprint density at radius 2 is 1.80 bits per heavy atom. The van der Waals surface area contributed by atoms with Crippen molar-refractivity contribution in [1.29, 1.82) is 5.26 Å². The molecule has 0 unspecified atom stereocenters.